The van der Waals surface area contributed by atoms with Crippen LogP contribution < -0.4 is 16.4 Å². The van der Waals surface area contributed by atoms with Crippen LogP contribution in [-0.4, -0.2) is 145 Å². The number of aliphatic carboxylic acids is 1. The number of nitrogen functional groups attached to an aromatic ring is 1. The van der Waals surface area contributed by atoms with Gasteiger partial charge in [0.2, 0.25) is 11.8 Å². The second-order valence-corrected chi connectivity index (χ2v) is 23.1. The van der Waals surface area contributed by atoms with Crippen LogP contribution in [0.15, 0.2) is 12.7 Å². The van der Waals surface area contributed by atoms with E-state index in [9.17, 15) is 67.8 Å². The normalized spacial score (nSPS) is 21.7. The molecule has 27 nitrogen and oxygen atoms in total. The van der Waals surface area contributed by atoms with Gasteiger partial charge in [-0.2, -0.15) is 4.31 Å². The molecule has 31 heteroatoms. The molecule has 2 amide bonds. The van der Waals surface area contributed by atoms with Gasteiger partial charge in [0.25, 0.3) is 0 Å². The minimum absolute atomic E-state index is 0.0209. The SMILES string of the molecule is CC(CCCC(C)CC(=O)O)CCCC(C)C(O)CC(=O)SCCNC(=O)CCNC(=O)[C@H](O)C(C)(C)COP(=O)(O)OP(=O)(O)OC[C@H]1O[C@@H](n2cnc3c(N)ncnc32)[C@@H](O)[C@@H]1OP(=O)(O)O. The minimum atomic E-state index is -5.60. The highest BCUT2D eigenvalue weighted by Crippen LogP contribution is 2.61. The molecule has 3 heterocycles. The van der Waals surface area contributed by atoms with Gasteiger partial charge in [-0.1, -0.05) is 78.5 Å². The third-order valence-electron chi connectivity index (χ3n) is 11.1. The molecule has 0 spiro atoms. The fourth-order valence-electron chi connectivity index (χ4n) is 7.07. The maximum absolute atomic E-state index is 12.7. The summed E-state index contributed by atoms with van der Waals surface area (Å²) >= 11 is 0.963. The lowest BCUT2D eigenvalue weighted by atomic mass is 9.87. The monoisotopic (exact) mass is 1070 g/mol. The lowest BCUT2D eigenvalue weighted by Gasteiger charge is -2.30. The van der Waals surface area contributed by atoms with E-state index in [2.05, 4.69) is 41.3 Å². The van der Waals surface area contributed by atoms with Crippen molar-refractivity contribution in [3.8, 4) is 0 Å². The van der Waals surface area contributed by atoms with Crippen molar-refractivity contribution in [2.75, 3.05) is 37.8 Å². The Labute approximate surface area is 402 Å². The summed E-state index contributed by atoms with van der Waals surface area (Å²) in [7, 11) is -16.5. The molecule has 69 heavy (non-hydrogen) atoms. The van der Waals surface area contributed by atoms with Crippen molar-refractivity contribution in [1.29, 1.82) is 0 Å². The molecule has 2 aromatic rings. The molecular formula is C38H66N7O20P3S. The maximum Gasteiger partial charge on any atom is 0.481 e. The number of nitrogens with zero attached hydrogens (tertiary/aromatic N) is 4. The minimum Gasteiger partial charge on any atom is -0.481 e. The lowest BCUT2D eigenvalue weighted by molar-refractivity contribution is -0.138. The van der Waals surface area contributed by atoms with Gasteiger partial charge in [-0.3, -0.25) is 37.3 Å². The zero-order valence-electron chi connectivity index (χ0n) is 38.8. The number of thioether (sulfide) groups is 1. The van der Waals surface area contributed by atoms with Crippen LogP contribution in [0, 0.1) is 23.2 Å². The van der Waals surface area contributed by atoms with Gasteiger partial charge in [0.05, 0.1) is 25.6 Å². The van der Waals surface area contributed by atoms with Crippen LogP contribution in [0.2, 0.25) is 0 Å². The summed E-state index contributed by atoms with van der Waals surface area (Å²) in [6, 6.07) is 0. The van der Waals surface area contributed by atoms with Crippen molar-refractivity contribution >= 4 is 75.1 Å². The van der Waals surface area contributed by atoms with Gasteiger partial charge in [0, 0.05) is 43.5 Å². The van der Waals surface area contributed by atoms with Crippen molar-refractivity contribution in [3.63, 3.8) is 0 Å². The van der Waals surface area contributed by atoms with Crippen molar-refractivity contribution in [2.24, 2.45) is 23.2 Å². The molecule has 394 valence electrons. The summed E-state index contributed by atoms with van der Waals surface area (Å²) in [6.07, 6.45) is -2.32. The van der Waals surface area contributed by atoms with E-state index >= 15 is 0 Å². The van der Waals surface area contributed by atoms with E-state index in [1.807, 2.05) is 13.8 Å². The van der Waals surface area contributed by atoms with E-state index in [0.29, 0.717) is 5.92 Å². The fourth-order valence-corrected chi connectivity index (χ4v) is 10.6. The third kappa shape index (κ3) is 20.9. The van der Waals surface area contributed by atoms with Crippen LogP contribution in [0.4, 0.5) is 5.82 Å². The molecule has 0 bridgehead atoms. The Kier molecular flexibility index (Phi) is 23.7. The average molecular weight is 1070 g/mol. The first-order valence-electron chi connectivity index (χ1n) is 21.9. The van der Waals surface area contributed by atoms with E-state index in [-0.39, 0.29) is 72.0 Å². The molecule has 0 aromatic carbocycles. The number of aromatic nitrogens is 4. The smallest absolute Gasteiger partial charge is 0.481 e. The molecule has 1 saturated heterocycles. The van der Waals surface area contributed by atoms with E-state index in [0.717, 1.165) is 67.5 Å². The molecule has 12 N–H and O–H groups in total. The molecule has 0 aliphatic carbocycles. The molecule has 0 saturated carbocycles. The van der Waals surface area contributed by atoms with Gasteiger partial charge in [-0.15, -0.1) is 0 Å². The summed E-state index contributed by atoms with van der Waals surface area (Å²) in [5, 5.41) is 45.7. The molecule has 1 aliphatic heterocycles. The Morgan fingerprint density at radius 2 is 1.55 bits per heavy atom. The quantitative estimate of drug-likeness (QED) is 0.0369. The second kappa shape index (κ2) is 27.2. The molecule has 0 radical (unpaired) electrons. The topological polar surface area (TPSA) is 421 Å². The number of aliphatic hydroxyl groups excluding tert-OH is 3. The third-order valence-corrected chi connectivity index (χ3v) is 15.1. The van der Waals surface area contributed by atoms with Crippen LogP contribution in [0.1, 0.15) is 98.6 Å². The first-order valence-corrected chi connectivity index (χ1v) is 27.5. The molecular weight excluding hydrogens is 999 g/mol. The maximum atomic E-state index is 12.7. The van der Waals surface area contributed by atoms with Gasteiger partial charge in [0.15, 0.2) is 22.8 Å². The fraction of sp³-hybridized carbons (Fsp3) is 0.763. The summed E-state index contributed by atoms with van der Waals surface area (Å²) < 4.78 is 62.4. The number of fused-ring (bicyclic) bond motifs is 1. The second-order valence-electron chi connectivity index (χ2n) is 17.7. The number of amides is 2. The van der Waals surface area contributed by atoms with Crippen molar-refractivity contribution in [1.82, 2.24) is 30.2 Å². The number of carbonyl (C=O) groups is 4. The first-order chi connectivity index (χ1) is 32.0. The molecule has 6 unspecified atom stereocenters. The Morgan fingerprint density at radius 3 is 2.20 bits per heavy atom. The molecule has 2 aromatic heterocycles. The summed E-state index contributed by atoms with van der Waals surface area (Å²) in [4.78, 5) is 99.5. The first kappa shape index (κ1) is 60.3. The number of anilines is 1. The number of hydrogen-bond acceptors (Lipinski definition) is 20. The summed E-state index contributed by atoms with van der Waals surface area (Å²) in [6.45, 7) is 6.27. The van der Waals surface area contributed by atoms with Crippen molar-refractivity contribution in [3.05, 3.63) is 12.7 Å². The van der Waals surface area contributed by atoms with Crippen LogP contribution in [-0.2, 0) is 55.5 Å². The number of nitrogens with two attached hydrogens (primary N) is 1. The largest absolute Gasteiger partial charge is 0.481 e. The number of carboxylic acid groups (broad SMARTS) is 1. The highest BCUT2D eigenvalue weighted by atomic mass is 32.2. The highest BCUT2D eigenvalue weighted by Gasteiger charge is 2.50. The van der Waals surface area contributed by atoms with Gasteiger partial charge in [-0.25, -0.2) is 28.6 Å². The molecule has 11 atom stereocenters. The number of phosphoric acid groups is 3. The number of ether oxygens (including phenoxy) is 1. The van der Waals surface area contributed by atoms with E-state index in [4.69, 9.17) is 24.6 Å². The molecule has 3 rings (SSSR count). The Bertz CT molecular complexity index is 2170. The predicted molar refractivity (Wildman–Crippen MR) is 245 cm³/mol. The molecule has 1 aliphatic rings. The lowest BCUT2D eigenvalue weighted by Crippen LogP contribution is -2.46. The van der Waals surface area contributed by atoms with Crippen LogP contribution in [0.25, 0.3) is 11.2 Å². The number of hydrogen-bond donors (Lipinski definition) is 11. The van der Waals surface area contributed by atoms with Crippen LogP contribution in [0.3, 0.4) is 0 Å². The van der Waals surface area contributed by atoms with E-state index < -0.39 is 96.6 Å². The van der Waals surface area contributed by atoms with Gasteiger partial charge < -0.3 is 61.1 Å². The zero-order valence-corrected chi connectivity index (χ0v) is 42.3. The predicted octanol–water partition coefficient (Wildman–Crippen LogP) is 2.14. The number of aliphatic hydroxyl groups is 3. The van der Waals surface area contributed by atoms with Gasteiger partial charge in [0.1, 0.15) is 36.3 Å². The van der Waals surface area contributed by atoms with E-state index in [1.165, 1.54) is 13.8 Å². The van der Waals surface area contributed by atoms with Crippen molar-refractivity contribution in [2.45, 2.75) is 129 Å². The highest BCUT2D eigenvalue weighted by molar-refractivity contribution is 8.13. The van der Waals surface area contributed by atoms with Crippen LogP contribution in [0.5, 0.6) is 0 Å². The summed E-state index contributed by atoms with van der Waals surface area (Å²) in [5.74, 6) is -1.58. The van der Waals surface area contributed by atoms with Gasteiger partial charge in [-0.05, 0) is 24.2 Å². The Morgan fingerprint density at radius 1 is 0.913 bits per heavy atom. The van der Waals surface area contributed by atoms with Gasteiger partial charge >= 0.3 is 29.4 Å². The number of phosphoric ester groups is 3. The molecule has 1 fully saturated rings. The number of imidazole rings is 1. The van der Waals surface area contributed by atoms with E-state index in [1.54, 1.807) is 0 Å². The average Bonchev–Trinajstić information content (AvgIpc) is 3.80. The summed E-state index contributed by atoms with van der Waals surface area (Å²) in [5.41, 5.74) is 4.22. The number of nitrogens with one attached hydrogen (secondary N) is 2. The number of rotatable bonds is 32. The zero-order chi connectivity index (χ0) is 51.9. The number of carbonyl (C=O) groups excluding carboxylic acids is 3. The number of carboxylic acids is 1. The Balaban J connectivity index is 1.35. The van der Waals surface area contributed by atoms with Crippen molar-refractivity contribution < 1.29 is 95.5 Å². The standard InChI is InChI=1S/C38H66N7O20P3S/c1-22(8-6-10-23(2)16-28(48)49)9-7-11-24(3)25(46)17-29(50)69-15-14-40-27(47)12-13-41-36(53)33(52)38(4,5)19-62-68(59,60)65-67(57,58)61-18-26-32(64-66(54,55)56)31(51)37(63-26)45-21-44-30-34(39)42-20-43-35(30)45/h20-26,31-33,37,46,51-52H,6-19H2,1-5H3,(H,40,47)(H,41,53)(H,48,49)(H,57,58)(H,59,60)(H2,39,42,43)(H2,54,55,56)/t22?,23?,24?,25?,26-,31+,32-,33+,37-/m1/s1. The van der Waals surface area contributed by atoms with Crippen LogP contribution >= 0.6 is 35.2 Å². The Hall–Kier alpha value is -3.01.